The smallest absolute Gasteiger partial charge is 0.337 e. The van der Waals surface area contributed by atoms with Crippen LogP contribution in [0.15, 0.2) is 18.2 Å². The van der Waals surface area contributed by atoms with Crippen LogP contribution in [-0.2, 0) is 4.79 Å². The zero-order valence-electron chi connectivity index (χ0n) is 8.85. The molecule has 2 N–H and O–H groups in total. The summed E-state index contributed by atoms with van der Waals surface area (Å²) in [5.41, 5.74) is 0.352. The van der Waals surface area contributed by atoms with Gasteiger partial charge in [0.1, 0.15) is 0 Å². The number of carboxylic acids is 1. The number of aliphatic hydroxyl groups is 1. The number of carbonyl (C=O) groups excluding carboxylic acids is 1. The number of carboxylic acid groups (broad SMARTS) is 1. The lowest BCUT2D eigenvalue weighted by molar-refractivity contribution is -0.146. The quantitative estimate of drug-likeness (QED) is 0.452. The molecular weight excluding hydrogens is 403 g/mol. The summed E-state index contributed by atoms with van der Waals surface area (Å²) < 4.78 is 0.761. The van der Waals surface area contributed by atoms with Crippen LogP contribution in [0.2, 0.25) is 0 Å². The largest absolute Gasteiger partial charge is 0.479 e. The average Bonchev–Trinajstić information content (AvgIpc) is 2.26. The van der Waals surface area contributed by atoms with Gasteiger partial charge >= 0.3 is 5.97 Å². The molecule has 0 fully saturated rings. The van der Waals surface area contributed by atoms with Crippen molar-refractivity contribution in [2.75, 3.05) is 0 Å². The Balaban J connectivity index is 3.31. The number of aliphatic hydroxyl groups excluding tert-OH is 1. The highest BCUT2D eigenvalue weighted by molar-refractivity contribution is 14.1. The summed E-state index contributed by atoms with van der Waals surface area (Å²) in [6.07, 6.45) is -1.69. The molecule has 1 aromatic carbocycles. The van der Waals surface area contributed by atoms with E-state index in [0.717, 1.165) is 3.57 Å². The molecular formula is C11H10BrIO4. The van der Waals surface area contributed by atoms with Crippen LogP contribution in [0, 0.1) is 3.57 Å². The van der Waals surface area contributed by atoms with Gasteiger partial charge in [-0.3, -0.25) is 4.79 Å². The maximum atomic E-state index is 11.9. The number of hydrogen-bond acceptors (Lipinski definition) is 3. The Labute approximate surface area is 120 Å². The van der Waals surface area contributed by atoms with Crippen molar-refractivity contribution in [3.63, 3.8) is 0 Å². The predicted octanol–water partition coefficient (Wildman–Crippen LogP) is 2.38. The van der Waals surface area contributed by atoms with Crippen LogP contribution < -0.4 is 0 Å². The van der Waals surface area contributed by atoms with E-state index in [2.05, 4.69) is 15.9 Å². The molecule has 2 atom stereocenters. The number of carbonyl (C=O) groups is 2. The van der Waals surface area contributed by atoms with E-state index in [1.807, 2.05) is 22.6 Å². The summed E-state index contributed by atoms with van der Waals surface area (Å²) >= 11 is 5.13. The molecule has 0 aliphatic heterocycles. The van der Waals surface area contributed by atoms with E-state index in [1.165, 1.54) is 12.1 Å². The van der Waals surface area contributed by atoms with Gasteiger partial charge in [0.2, 0.25) is 0 Å². The Morgan fingerprint density at radius 1 is 1.41 bits per heavy atom. The average molecular weight is 413 g/mol. The van der Waals surface area contributed by atoms with E-state index in [0.29, 0.717) is 0 Å². The van der Waals surface area contributed by atoms with Crippen molar-refractivity contribution >= 4 is 50.3 Å². The number of aliphatic carboxylic acids is 1. The number of ketones is 1. The molecule has 1 aromatic rings. The summed E-state index contributed by atoms with van der Waals surface area (Å²) in [5.74, 6) is -1.63. The van der Waals surface area contributed by atoms with Gasteiger partial charge in [0, 0.05) is 14.7 Å². The van der Waals surface area contributed by atoms with Gasteiger partial charge in [0.25, 0.3) is 0 Å². The fourth-order valence-electron chi connectivity index (χ4n) is 1.33. The number of benzene rings is 1. The first-order valence-corrected chi connectivity index (χ1v) is 6.72. The van der Waals surface area contributed by atoms with Crippen molar-refractivity contribution in [2.45, 2.75) is 17.9 Å². The first kappa shape index (κ1) is 14.6. The molecule has 1 rings (SSSR count). The molecule has 0 amide bonds. The molecule has 0 aromatic heterocycles. The van der Waals surface area contributed by atoms with E-state index in [-0.39, 0.29) is 16.9 Å². The molecule has 92 valence electrons. The van der Waals surface area contributed by atoms with Crippen molar-refractivity contribution in [2.24, 2.45) is 0 Å². The van der Waals surface area contributed by atoms with Crippen LogP contribution in [0.25, 0.3) is 0 Å². The van der Waals surface area contributed by atoms with E-state index in [1.54, 1.807) is 13.0 Å². The molecule has 0 aliphatic rings. The van der Waals surface area contributed by atoms with Gasteiger partial charge in [-0.25, -0.2) is 4.79 Å². The topological polar surface area (TPSA) is 74.6 Å². The number of rotatable bonds is 4. The van der Waals surface area contributed by atoms with Crippen molar-refractivity contribution in [1.29, 1.82) is 0 Å². The minimum absolute atomic E-state index is 0.126. The van der Waals surface area contributed by atoms with E-state index in [9.17, 15) is 14.7 Å². The first-order chi connectivity index (χ1) is 7.84. The van der Waals surface area contributed by atoms with Gasteiger partial charge in [-0.15, -0.1) is 0 Å². The number of alkyl halides is 1. The molecule has 4 nitrogen and oxygen atoms in total. The van der Waals surface area contributed by atoms with Crippen LogP contribution in [0.5, 0.6) is 0 Å². The Morgan fingerprint density at radius 2 is 2.00 bits per heavy atom. The van der Waals surface area contributed by atoms with Crippen LogP contribution in [0.1, 0.15) is 28.9 Å². The van der Waals surface area contributed by atoms with Gasteiger partial charge in [0.05, 0.1) is 4.83 Å². The lowest BCUT2D eigenvalue weighted by Crippen LogP contribution is -2.18. The molecule has 0 aliphatic carbocycles. The van der Waals surface area contributed by atoms with Crippen LogP contribution in [0.4, 0.5) is 0 Å². The summed E-state index contributed by atoms with van der Waals surface area (Å²) in [7, 11) is 0. The number of halogens is 2. The maximum absolute atomic E-state index is 11.9. The lowest BCUT2D eigenvalue weighted by Gasteiger charge is -2.13. The van der Waals surface area contributed by atoms with Crippen molar-refractivity contribution in [3.8, 4) is 0 Å². The monoisotopic (exact) mass is 412 g/mol. The fraction of sp³-hybridized carbons (Fsp3) is 0.273. The van der Waals surface area contributed by atoms with Crippen LogP contribution in [-0.4, -0.2) is 26.8 Å². The molecule has 0 bridgehead atoms. The Bertz CT molecular complexity index is 459. The third-order valence-electron chi connectivity index (χ3n) is 2.17. The van der Waals surface area contributed by atoms with Crippen molar-refractivity contribution < 1.29 is 19.8 Å². The van der Waals surface area contributed by atoms with Crippen molar-refractivity contribution in [1.82, 2.24) is 0 Å². The summed E-state index contributed by atoms with van der Waals surface area (Å²) in [6.45, 7) is 1.65. The Morgan fingerprint density at radius 3 is 2.47 bits per heavy atom. The van der Waals surface area contributed by atoms with Gasteiger partial charge < -0.3 is 10.2 Å². The normalized spacial score (nSPS) is 14.1. The molecule has 0 saturated heterocycles. The number of Topliss-reactive ketones (excluding diaryl/α,β-unsaturated/α-hetero) is 1. The predicted molar refractivity (Wildman–Crippen MR) is 74.5 cm³/mol. The fourth-order valence-corrected chi connectivity index (χ4v) is 2.09. The SMILES string of the molecule is CC(Br)C(=O)c1ccc(I)cc1C(O)C(=O)O. The standard InChI is InChI=1S/C11H10BrIO4/c1-5(12)9(14)7-3-2-6(13)4-8(7)10(15)11(16)17/h2-5,10,15H,1H3,(H,16,17). The van der Waals surface area contributed by atoms with Gasteiger partial charge in [0.15, 0.2) is 11.9 Å². The van der Waals surface area contributed by atoms with Crippen molar-refractivity contribution in [3.05, 3.63) is 32.9 Å². The maximum Gasteiger partial charge on any atom is 0.337 e. The molecule has 2 unspecified atom stereocenters. The summed E-state index contributed by atoms with van der Waals surface area (Å²) in [6, 6.07) is 4.73. The highest BCUT2D eigenvalue weighted by atomic mass is 127. The molecule has 0 spiro atoms. The van der Waals surface area contributed by atoms with Crippen LogP contribution in [0.3, 0.4) is 0 Å². The van der Waals surface area contributed by atoms with Gasteiger partial charge in [-0.2, -0.15) is 0 Å². The lowest BCUT2D eigenvalue weighted by atomic mass is 9.98. The first-order valence-electron chi connectivity index (χ1n) is 4.73. The van der Waals surface area contributed by atoms with Gasteiger partial charge in [-0.1, -0.05) is 15.9 Å². The minimum atomic E-state index is -1.69. The summed E-state index contributed by atoms with van der Waals surface area (Å²) in [4.78, 5) is 22.2. The molecule has 0 heterocycles. The Kier molecular flexibility index (Phi) is 5.08. The number of hydrogen-bond donors (Lipinski definition) is 2. The minimum Gasteiger partial charge on any atom is -0.479 e. The zero-order chi connectivity index (χ0) is 13.2. The second-order valence-electron chi connectivity index (χ2n) is 3.45. The van der Waals surface area contributed by atoms with E-state index >= 15 is 0 Å². The molecule has 6 heteroatoms. The Hall–Kier alpha value is -0.470. The second kappa shape index (κ2) is 5.92. The zero-order valence-corrected chi connectivity index (χ0v) is 12.6. The third-order valence-corrected chi connectivity index (χ3v) is 3.26. The highest BCUT2D eigenvalue weighted by Crippen LogP contribution is 2.24. The molecule has 17 heavy (non-hydrogen) atoms. The van der Waals surface area contributed by atoms with Gasteiger partial charge in [-0.05, 0) is 47.7 Å². The van der Waals surface area contributed by atoms with E-state index < -0.39 is 16.9 Å². The molecule has 0 radical (unpaired) electrons. The molecule has 0 saturated carbocycles. The third kappa shape index (κ3) is 3.49. The van der Waals surface area contributed by atoms with Crippen LogP contribution >= 0.6 is 38.5 Å². The second-order valence-corrected chi connectivity index (χ2v) is 6.07. The summed E-state index contributed by atoms with van der Waals surface area (Å²) in [5, 5.41) is 18.4. The highest BCUT2D eigenvalue weighted by Gasteiger charge is 2.24. The van der Waals surface area contributed by atoms with E-state index in [4.69, 9.17) is 5.11 Å².